The van der Waals surface area contributed by atoms with E-state index in [-0.39, 0.29) is 0 Å². The van der Waals surface area contributed by atoms with Gasteiger partial charge in [-0.3, -0.25) is 5.43 Å². The first kappa shape index (κ1) is 13.6. The van der Waals surface area contributed by atoms with E-state index in [1.165, 1.54) is 11.0 Å². The van der Waals surface area contributed by atoms with E-state index in [0.29, 0.717) is 17.8 Å². The average Bonchev–Trinajstić information content (AvgIpc) is 3.04. The van der Waals surface area contributed by atoms with Crippen LogP contribution in [0.3, 0.4) is 0 Å². The van der Waals surface area contributed by atoms with Gasteiger partial charge in [-0.2, -0.15) is 24.7 Å². The number of hydrogen-bond donors (Lipinski definition) is 2. The summed E-state index contributed by atoms with van der Waals surface area (Å²) in [6.07, 6.45) is 2.99. The topological polar surface area (TPSA) is 99.9 Å². The maximum Gasteiger partial charge on any atom is 0.258 e. The molecule has 0 spiro atoms. The van der Waals surface area contributed by atoms with Crippen molar-refractivity contribution in [3.63, 3.8) is 0 Å². The molecular formula is C11H18N10. The molecular weight excluding hydrogens is 272 g/mol. The summed E-state index contributed by atoms with van der Waals surface area (Å²) in [5.41, 5.74) is 3.22. The van der Waals surface area contributed by atoms with Gasteiger partial charge in [-0.1, -0.05) is 0 Å². The Bertz CT molecular complexity index is 575. The zero-order valence-corrected chi connectivity index (χ0v) is 12.1. The summed E-state index contributed by atoms with van der Waals surface area (Å²) in [4.78, 5) is 19.1. The van der Waals surface area contributed by atoms with Gasteiger partial charge in [0.15, 0.2) is 0 Å². The lowest BCUT2D eigenvalue weighted by molar-refractivity contribution is 0.178. The van der Waals surface area contributed by atoms with E-state index in [0.717, 1.165) is 26.2 Å². The molecule has 10 heteroatoms. The number of hydrogen-bond acceptors (Lipinski definition) is 9. The van der Waals surface area contributed by atoms with Gasteiger partial charge in [-0.15, -0.1) is 0 Å². The Balaban J connectivity index is 1.79. The lowest BCUT2D eigenvalue weighted by Crippen LogP contribution is -2.47. The third-order valence-corrected chi connectivity index (χ3v) is 3.23. The second-order valence-corrected chi connectivity index (χ2v) is 4.77. The van der Waals surface area contributed by atoms with Gasteiger partial charge in [0, 0.05) is 33.2 Å². The van der Waals surface area contributed by atoms with Crippen LogP contribution in [0.15, 0.2) is 12.7 Å². The van der Waals surface area contributed by atoms with Crippen molar-refractivity contribution in [2.24, 2.45) is 0 Å². The monoisotopic (exact) mass is 290 g/mol. The van der Waals surface area contributed by atoms with E-state index in [2.05, 4.69) is 52.7 Å². The third-order valence-electron chi connectivity index (χ3n) is 3.23. The summed E-state index contributed by atoms with van der Waals surface area (Å²) in [5.74, 6) is 1.39. The molecule has 112 valence electrons. The number of hydrazine groups is 1. The molecule has 0 atom stereocenters. The molecule has 0 saturated carbocycles. The molecule has 1 aliphatic rings. The van der Waals surface area contributed by atoms with Crippen molar-refractivity contribution >= 4 is 11.9 Å². The second-order valence-electron chi connectivity index (χ2n) is 4.77. The van der Waals surface area contributed by atoms with Gasteiger partial charge >= 0.3 is 0 Å². The molecule has 0 amide bonds. The smallest absolute Gasteiger partial charge is 0.258 e. The minimum Gasteiger partial charge on any atom is -0.357 e. The third kappa shape index (κ3) is 3.23. The Labute approximate surface area is 122 Å². The molecule has 21 heavy (non-hydrogen) atoms. The van der Waals surface area contributed by atoms with Crippen molar-refractivity contribution < 1.29 is 0 Å². The predicted molar refractivity (Wildman–Crippen MR) is 77.0 cm³/mol. The van der Waals surface area contributed by atoms with Crippen LogP contribution in [0, 0.1) is 0 Å². The van der Waals surface area contributed by atoms with Gasteiger partial charge in [0.25, 0.3) is 5.95 Å². The highest BCUT2D eigenvalue weighted by Gasteiger charge is 2.16. The van der Waals surface area contributed by atoms with Crippen molar-refractivity contribution in [2.45, 2.75) is 0 Å². The Kier molecular flexibility index (Phi) is 3.88. The molecule has 2 N–H and O–H groups in total. The fourth-order valence-electron chi connectivity index (χ4n) is 2.00. The lowest BCUT2D eigenvalue weighted by atomic mass is 10.4. The summed E-state index contributed by atoms with van der Waals surface area (Å²) in [6, 6.07) is 0. The molecule has 10 nitrogen and oxygen atoms in total. The molecule has 1 aliphatic heterocycles. The quantitative estimate of drug-likeness (QED) is 0.739. The van der Waals surface area contributed by atoms with Crippen LogP contribution in [0.2, 0.25) is 0 Å². The Morgan fingerprint density at radius 3 is 2.48 bits per heavy atom. The molecule has 1 fully saturated rings. The highest BCUT2D eigenvalue weighted by atomic mass is 15.6. The van der Waals surface area contributed by atoms with E-state index in [4.69, 9.17) is 0 Å². The van der Waals surface area contributed by atoms with Gasteiger partial charge < -0.3 is 10.2 Å². The average molecular weight is 290 g/mol. The van der Waals surface area contributed by atoms with Gasteiger partial charge in [-0.25, -0.2) is 9.99 Å². The predicted octanol–water partition coefficient (Wildman–Crippen LogP) is -0.932. The Morgan fingerprint density at radius 1 is 1.05 bits per heavy atom. The van der Waals surface area contributed by atoms with Crippen molar-refractivity contribution in [3.05, 3.63) is 12.7 Å². The van der Waals surface area contributed by atoms with Crippen LogP contribution in [0.25, 0.3) is 5.95 Å². The van der Waals surface area contributed by atoms with Gasteiger partial charge in [-0.05, 0) is 7.05 Å². The minimum absolute atomic E-state index is 0.420. The fourth-order valence-corrected chi connectivity index (χ4v) is 2.00. The Morgan fingerprint density at radius 2 is 1.81 bits per heavy atom. The molecule has 2 aromatic heterocycles. The molecule has 0 unspecified atom stereocenters. The molecule has 3 rings (SSSR count). The van der Waals surface area contributed by atoms with Crippen LogP contribution in [0.4, 0.5) is 11.9 Å². The first-order valence-electron chi connectivity index (χ1n) is 6.73. The van der Waals surface area contributed by atoms with Gasteiger partial charge in [0.1, 0.15) is 12.7 Å². The van der Waals surface area contributed by atoms with Crippen molar-refractivity contribution in [2.75, 3.05) is 51.0 Å². The van der Waals surface area contributed by atoms with Crippen LogP contribution in [0.1, 0.15) is 0 Å². The van der Waals surface area contributed by atoms with Crippen LogP contribution < -0.4 is 10.7 Å². The first-order chi connectivity index (χ1) is 10.2. The Hall–Kier alpha value is -2.33. The zero-order chi connectivity index (χ0) is 14.7. The van der Waals surface area contributed by atoms with Gasteiger partial charge in [0.05, 0.1) is 0 Å². The minimum atomic E-state index is 0.420. The standard InChI is InChI=1S/C11H18N10/c1-12-9-15-10(18-20-5-3-19(2)4-6-20)17-11(16-9)21-8-13-7-14-21/h7-8H,3-6H2,1-2H3,(H2,12,15,16,17,18). The zero-order valence-electron chi connectivity index (χ0n) is 12.1. The second kappa shape index (κ2) is 5.97. The maximum atomic E-state index is 4.37. The summed E-state index contributed by atoms with van der Waals surface area (Å²) in [6.45, 7) is 3.84. The van der Waals surface area contributed by atoms with E-state index in [1.807, 2.05) is 0 Å². The number of piperazine rings is 1. The molecule has 0 aliphatic carbocycles. The summed E-state index contributed by atoms with van der Waals surface area (Å²) in [7, 11) is 3.88. The van der Waals surface area contributed by atoms with E-state index >= 15 is 0 Å². The highest BCUT2D eigenvalue weighted by Crippen LogP contribution is 2.09. The largest absolute Gasteiger partial charge is 0.357 e. The number of aromatic nitrogens is 6. The normalized spacial score (nSPS) is 16.9. The van der Waals surface area contributed by atoms with Crippen molar-refractivity contribution in [1.29, 1.82) is 0 Å². The summed E-state index contributed by atoms with van der Waals surface area (Å²) >= 11 is 0. The summed E-state index contributed by atoms with van der Waals surface area (Å²) < 4.78 is 1.50. The van der Waals surface area contributed by atoms with Gasteiger partial charge in [0.2, 0.25) is 11.9 Å². The van der Waals surface area contributed by atoms with E-state index < -0.39 is 0 Å². The van der Waals surface area contributed by atoms with E-state index in [9.17, 15) is 0 Å². The van der Waals surface area contributed by atoms with Crippen molar-refractivity contribution in [1.82, 2.24) is 39.6 Å². The first-order valence-corrected chi connectivity index (χ1v) is 6.73. The number of anilines is 2. The van der Waals surface area contributed by atoms with Crippen molar-refractivity contribution in [3.8, 4) is 5.95 Å². The van der Waals surface area contributed by atoms with Crippen LogP contribution >= 0.6 is 0 Å². The molecule has 0 radical (unpaired) electrons. The fraction of sp³-hybridized carbons (Fsp3) is 0.545. The molecule has 0 aromatic carbocycles. The molecule has 1 saturated heterocycles. The van der Waals surface area contributed by atoms with E-state index in [1.54, 1.807) is 13.4 Å². The lowest BCUT2D eigenvalue weighted by Gasteiger charge is -2.32. The van der Waals surface area contributed by atoms with Crippen LogP contribution in [-0.2, 0) is 0 Å². The number of nitrogens with zero attached hydrogens (tertiary/aromatic N) is 8. The maximum absolute atomic E-state index is 4.37. The van der Waals surface area contributed by atoms with Crippen LogP contribution in [-0.4, -0.2) is 79.9 Å². The highest BCUT2D eigenvalue weighted by molar-refractivity contribution is 5.36. The van der Waals surface area contributed by atoms with Crippen LogP contribution in [0.5, 0.6) is 0 Å². The molecule has 2 aromatic rings. The summed E-state index contributed by atoms with van der Waals surface area (Å²) in [5, 5.41) is 9.06. The SMILES string of the molecule is CNc1nc(NN2CCN(C)CC2)nc(-n2cncn2)n1. The molecule has 3 heterocycles. The number of rotatable bonds is 4. The number of nitrogens with one attached hydrogen (secondary N) is 2. The molecule has 0 bridgehead atoms. The number of likely N-dealkylation sites (N-methyl/N-ethyl adjacent to an activating group) is 1.